The zero-order valence-electron chi connectivity index (χ0n) is 18.6. The number of carbonyl (C=O) groups excluding carboxylic acids is 3. The summed E-state index contributed by atoms with van der Waals surface area (Å²) in [7, 11) is 0. The van der Waals surface area contributed by atoms with Crippen molar-refractivity contribution >= 4 is 34.3 Å². The highest BCUT2D eigenvalue weighted by molar-refractivity contribution is 5.97. The fraction of sp³-hybridized carbons (Fsp3) is 0.346. The summed E-state index contributed by atoms with van der Waals surface area (Å²) < 4.78 is 0. The molecule has 7 heteroatoms. The van der Waals surface area contributed by atoms with Crippen LogP contribution in [0.3, 0.4) is 0 Å². The van der Waals surface area contributed by atoms with E-state index in [4.69, 9.17) is 0 Å². The van der Waals surface area contributed by atoms with Crippen LogP contribution in [0.25, 0.3) is 10.9 Å². The first-order chi connectivity index (χ1) is 16.1. The Hall–Kier alpha value is -3.61. The molecule has 0 radical (unpaired) electrons. The number of nitrogens with zero attached hydrogens (tertiary/aromatic N) is 3. The van der Waals surface area contributed by atoms with Crippen molar-refractivity contribution in [3.8, 4) is 0 Å². The Kier molecular flexibility index (Phi) is 5.86. The van der Waals surface area contributed by atoms with Gasteiger partial charge < -0.3 is 19.7 Å². The predicted octanol–water partition coefficient (Wildman–Crippen LogP) is 3.21. The molecule has 3 heterocycles. The van der Waals surface area contributed by atoms with Gasteiger partial charge in [0.15, 0.2) is 0 Å². The normalized spacial score (nSPS) is 17.0. The van der Waals surface area contributed by atoms with Crippen molar-refractivity contribution in [3.63, 3.8) is 0 Å². The minimum atomic E-state index is -0.0322. The molecular weight excluding hydrogens is 416 g/mol. The van der Waals surface area contributed by atoms with Crippen LogP contribution in [0.4, 0.5) is 5.69 Å². The van der Waals surface area contributed by atoms with Gasteiger partial charge in [-0.2, -0.15) is 0 Å². The topological polar surface area (TPSA) is 76.7 Å². The Balaban J connectivity index is 1.17. The van der Waals surface area contributed by atoms with Crippen LogP contribution in [0.2, 0.25) is 0 Å². The lowest BCUT2D eigenvalue weighted by Crippen LogP contribution is -2.51. The molecule has 5 rings (SSSR count). The smallest absolute Gasteiger partial charge is 0.253 e. The summed E-state index contributed by atoms with van der Waals surface area (Å²) >= 11 is 0. The minimum Gasteiger partial charge on any atom is -0.361 e. The van der Waals surface area contributed by atoms with E-state index in [2.05, 4.69) is 4.98 Å². The predicted molar refractivity (Wildman–Crippen MR) is 127 cm³/mol. The van der Waals surface area contributed by atoms with Crippen LogP contribution in [-0.2, 0) is 16.0 Å². The van der Waals surface area contributed by atoms with Crippen molar-refractivity contribution in [1.29, 1.82) is 0 Å². The Labute approximate surface area is 193 Å². The maximum Gasteiger partial charge on any atom is 0.253 e. The van der Waals surface area contributed by atoms with E-state index in [1.165, 1.54) is 0 Å². The quantitative estimate of drug-likeness (QED) is 0.671. The first-order valence-electron chi connectivity index (χ1n) is 11.6. The van der Waals surface area contributed by atoms with Gasteiger partial charge in [0.25, 0.3) is 5.91 Å². The molecule has 0 aliphatic carbocycles. The molecule has 33 heavy (non-hydrogen) atoms. The largest absolute Gasteiger partial charge is 0.361 e. The zero-order chi connectivity index (χ0) is 22.8. The number of carbonyl (C=O) groups is 3. The van der Waals surface area contributed by atoms with E-state index in [1.807, 2.05) is 47.5 Å². The summed E-state index contributed by atoms with van der Waals surface area (Å²) in [5.74, 6) is 0.200. The molecule has 1 N–H and O–H groups in total. The standard InChI is InChI=1S/C26H28N4O3/c31-24-7-3-4-12-30(24)21-10-8-19(9-11-21)26(33)29-15-13-28(14-16-29)25(32)17-20-18-27-23-6-2-1-5-22(20)23/h1-2,5-6,8-11,18,27H,3-4,7,12-17H2. The lowest BCUT2D eigenvalue weighted by molar-refractivity contribution is -0.131. The fourth-order valence-corrected chi connectivity index (χ4v) is 4.76. The molecule has 2 aliphatic rings. The van der Waals surface area contributed by atoms with Crippen molar-refractivity contribution < 1.29 is 14.4 Å². The van der Waals surface area contributed by atoms with Gasteiger partial charge in [-0.25, -0.2) is 0 Å². The van der Waals surface area contributed by atoms with Gasteiger partial charge in [0.05, 0.1) is 6.42 Å². The lowest BCUT2D eigenvalue weighted by atomic mass is 10.1. The molecule has 2 saturated heterocycles. The number of aromatic amines is 1. The minimum absolute atomic E-state index is 0.0322. The first-order valence-corrected chi connectivity index (χ1v) is 11.6. The number of anilines is 1. The first kappa shape index (κ1) is 21.2. The summed E-state index contributed by atoms with van der Waals surface area (Å²) in [5, 5.41) is 1.08. The Morgan fingerprint density at radius 2 is 1.58 bits per heavy atom. The Morgan fingerprint density at radius 1 is 0.848 bits per heavy atom. The van der Waals surface area contributed by atoms with Crippen molar-refractivity contribution in [2.24, 2.45) is 0 Å². The van der Waals surface area contributed by atoms with Crippen molar-refractivity contribution in [3.05, 3.63) is 65.9 Å². The Morgan fingerprint density at radius 3 is 2.33 bits per heavy atom. The second kappa shape index (κ2) is 9.10. The molecule has 0 unspecified atom stereocenters. The summed E-state index contributed by atoms with van der Waals surface area (Å²) in [6.45, 7) is 2.84. The number of fused-ring (bicyclic) bond motifs is 1. The average Bonchev–Trinajstić information content (AvgIpc) is 3.27. The number of para-hydroxylation sites is 1. The molecule has 2 fully saturated rings. The summed E-state index contributed by atoms with van der Waals surface area (Å²) in [4.78, 5) is 46.6. The maximum absolute atomic E-state index is 13.0. The van der Waals surface area contributed by atoms with E-state index in [-0.39, 0.29) is 17.7 Å². The number of H-pyrrole nitrogens is 1. The number of hydrogen-bond donors (Lipinski definition) is 1. The van der Waals surface area contributed by atoms with Crippen molar-refractivity contribution in [1.82, 2.24) is 14.8 Å². The van der Waals surface area contributed by atoms with Gasteiger partial charge in [0.2, 0.25) is 11.8 Å². The number of amides is 3. The van der Waals surface area contributed by atoms with Crippen LogP contribution in [-0.4, -0.2) is 65.2 Å². The number of piperazine rings is 1. The van der Waals surface area contributed by atoms with Crippen LogP contribution in [0.15, 0.2) is 54.7 Å². The number of piperidine rings is 1. The number of nitrogens with one attached hydrogen (secondary N) is 1. The number of rotatable bonds is 4. The molecular formula is C26H28N4O3. The maximum atomic E-state index is 13.0. The average molecular weight is 445 g/mol. The van der Waals surface area contributed by atoms with E-state index in [1.54, 1.807) is 21.9 Å². The molecule has 0 bridgehead atoms. The molecule has 0 saturated carbocycles. The Bertz CT molecular complexity index is 1180. The molecule has 170 valence electrons. The third kappa shape index (κ3) is 4.35. The number of hydrogen-bond acceptors (Lipinski definition) is 3. The highest BCUT2D eigenvalue weighted by atomic mass is 16.2. The van der Waals surface area contributed by atoms with Gasteiger partial charge in [-0.15, -0.1) is 0 Å². The van der Waals surface area contributed by atoms with Crippen LogP contribution in [0.5, 0.6) is 0 Å². The molecule has 0 spiro atoms. The van der Waals surface area contributed by atoms with Crippen LogP contribution in [0, 0.1) is 0 Å². The van der Waals surface area contributed by atoms with Gasteiger partial charge in [0, 0.05) is 67.5 Å². The number of aromatic nitrogens is 1. The van der Waals surface area contributed by atoms with Crippen LogP contribution < -0.4 is 4.90 Å². The fourth-order valence-electron chi connectivity index (χ4n) is 4.76. The van der Waals surface area contributed by atoms with E-state index in [0.717, 1.165) is 41.5 Å². The third-order valence-corrected chi connectivity index (χ3v) is 6.69. The summed E-state index contributed by atoms with van der Waals surface area (Å²) in [6.07, 6.45) is 4.81. The third-order valence-electron chi connectivity index (χ3n) is 6.69. The molecule has 3 aromatic rings. The highest BCUT2D eigenvalue weighted by Gasteiger charge is 2.26. The monoisotopic (exact) mass is 444 g/mol. The van der Waals surface area contributed by atoms with E-state index >= 15 is 0 Å². The molecule has 2 aliphatic heterocycles. The van der Waals surface area contributed by atoms with E-state index < -0.39 is 0 Å². The second-order valence-corrected chi connectivity index (χ2v) is 8.76. The zero-order valence-corrected chi connectivity index (χ0v) is 18.6. The van der Waals surface area contributed by atoms with E-state index in [0.29, 0.717) is 44.6 Å². The highest BCUT2D eigenvalue weighted by Crippen LogP contribution is 2.22. The molecule has 2 aromatic carbocycles. The van der Waals surface area contributed by atoms with Gasteiger partial charge in [0.1, 0.15) is 0 Å². The van der Waals surface area contributed by atoms with Gasteiger partial charge in [-0.3, -0.25) is 14.4 Å². The molecule has 7 nitrogen and oxygen atoms in total. The molecule has 1 aromatic heterocycles. The van der Waals surface area contributed by atoms with Gasteiger partial charge in [-0.1, -0.05) is 18.2 Å². The molecule has 3 amide bonds. The SMILES string of the molecule is O=C(Cc1c[nH]c2ccccc12)N1CCN(C(=O)c2ccc(N3CCCCC3=O)cc2)CC1. The second-order valence-electron chi connectivity index (χ2n) is 8.76. The lowest BCUT2D eigenvalue weighted by Gasteiger charge is -2.35. The summed E-state index contributed by atoms with van der Waals surface area (Å²) in [5.41, 5.74) is 3.50. The van der Waals surface area contributed by atoms with Crippen molar-refractivity contribution in [2.45, 2.75) is 25.7 Å². The van der Waals surface area contributed by atoms with Crippen LogP contribution in [0.1, 0.15) is 35.2 Å². The van der Waals surface area contributed by atoms with E-state index in [9.17, 15) is 14.4 Å². The van der Waals surface area contributed by atoms with Gasteiger partial charge in [-0.05, 0) is 48.7 Å². The van der Waals surface area contributed by atoms with Crippen LogP contribution >= 0.6 is 0 Å². The summed E-state index contributed by atoms with van der Waals surface area (Å²) in [6, 6.07) is 15.3. The van der Waals surface area contributed by atoms with Crippen molar-refractivity contribution in [2.75, 3.05) is 37.6 Å². The number of benzene rings is 2. The van der Waals surface area contributed by atoms with Gasteiger partial charge >= 0.3 is 0 Å². The molecule has 0 atom stereocenters.